The molecule has 0 bridgehead atoms. The zero-order chi connectivity index (χ0) is 18.6. The van der Waals surface area contributed by atoms with Gasteiger partial charge in [0.25, 0.3) is 5.91 Å². The zero-order valence-corrected chi connectivity index (χ0v) is 15.5. The maximum Gasteiger partial charge on any atom is 0.276 e. The van der Waals surface area contributed by atoms with Crippen molar-refractivity contribution in [3.63, 3.8) is 0 Å². The minimum atomic E-state index is -0.283. The highest BCUT2D eigenvalue weighted by molar-refractivity contribution is 7.18. The zero-order valence-electron chi connectivity index (χ0n) is 14.7. The van der Waals surface area contributed by atoms with E-state index in [0.717, 1.165) is 16.2 Å². The predicted molar refractivity (Wildman–Crippen MR) is 108 cm³/mol. The topological polar surface area (TPSA) is 71.0 Å². The number of hydrogen-bond donors (Lipinski definition) is 1. The number of thiazole rings is 1. The molecule has 27 heavy (non-hydrogen) atoms. The van der Waals surface area contributed by atoms with Gasteiger partial charge in [-0.1, -0.05) is 30.3 Å². The van der Waals surface area contributed by atoms with Crippen molar-refractivity contribution in [2.24, 2.45) is 0 Å². The van der Waals surface area contributed by atoms with E-state index in [1.807, 2.05) is 60.5 Å². The van der Waals surface area contributed by atoms with E-state index in [0.29, 0.717) is 12.4 Å². The number of fused-ring (bicyclic) bond motifs is 1. The normalized spacial score (nSPS) is 10.7. The van der Waals surface area contributed by atoms with Gasteiger partial charge in [-0.25, -0.2) is 4.98 Å². The third kappa shape index (κ3) is 3.93. The Morgan fingerprint density at radius 2 is 1.78 bits per heavy atom. The monoisotopic (exact) mass is 375 g/mol. The average molecular weight is 375 g/mol. The largest absolute Gasteiger partial charge is 0.351 e. The fourth-order valence-corrected chi connectivity index (χ4v) is 3.66. The Balaban J connectivity index is 1.44. The van der Waals surface area contributed by atoms with Gasteiger partial charge in [-0.15, -0.1) is 21.5 Å². The Bertz CT molecular complexity index is 1030. The van der Waals surface area contributed by atoms with Crippen LogP contribution in [0, 0.1) is 0 Å². The summed E-state index contributed by atoms with van der Waals surface area (Å²) in [4.78, 5) is 18.8. The molecule has 1 amide bonds. The lowest BCUT2D eigenvalue weighted by Gasteiger charge is -2.15. The van der Waals surface area contributed by atoms with Crippen LogP contribution >= 0.6 is 11.3 Å². The summed E-state index contributed by atoms with van der Waals surface area (Å²) in [6.45, 7) is 0.629. The molecule has 2 aromatic heterocycles. The number of carbonyl (C=O) groups excluding carboxylic acids is 1. The second-order valence-corrected chi connectivity index (χ2v) is 7.14. The van der Waals surface area contributed by atoms with Gasteiger partial charge in [0, 0.05) is 12.7 Å². The lowest BCUT2D eigenvalue weighted by atomic mass is 10.3. The van der Waals surface area contributed by atoms with Gasteiger partial charge in [-0.3, -0.25) is 4.79 Å². The number of hydrogen-bond acceptors (Lipinski definition) is 6. The second-order valence-electron chi connectivity index (χ2n) is 6.03. The van der Waals surface area contributed by atoms with Crippen LogP contribution in [-0.2, 0) is 6.54 Å². The Kier molecular flexibility index (Phi) is 4.76. The summed E-state index contributed by atoms with van der Waals surface area (Å²) in [5.74, 6) is 0.402. The molecular weight excluding hydrogens is 358 g/mol. The van der Waals surface area contributed by atoms with Gasteiger partial charge in [0.05, 0.1) is 16.8 Å². The van der Waals surface area contributed by atoms with E-state index in [1.54, 1.807) is 23.5 Å². The molecule has 2 heterocycles. The molecule has 0 spiro atoms. The number of carbonyl (C=O) groups is 1. The van der Waals surface area contributed by atoms with Crippen LogP contribution in [0.15, 0.2) is 66.7 Å². The number of nitrogens with one attached hydrogen (secondary N) is 1. The maximum atomic E-state index is 12.3. The molecule has 0 aliphatic carbocycles. The molecule has 1 N–H and O–H groups in total. The van der Waals surface area contributed by atoms with Gasteiger partial charge in [0.2, 0.25) is 0 Å². The first-order chi connectivity index (χ1) is 13.2. The van der Waals surface area contributed by atoms with Gasteiger partial charge < -0.3 is 10.2 Å². The third-order valence-corrected chi connectivity index (χ3v) is 5.04. The predicted octanol–water partition coefficient (Wildman–Crippen LogP) is 3.98. The molecule has 0 aliphatic heterocycles. The SMILES string of the molecule is CN(Cc1nc2ccccc2s1)c1ccc(C(=O)Nc2ccccc2)nn1. The van der Waals surface area contributed by atoms with Crippen LogP contribution in [0.3, 0.4) is 0 Å². The summed E-state index contributed by atoms with van der Waals surface area (Å²) in [7, 11) is 1.93. The lowest BCUT2D eigenvalue weighted by molar-refractivity contribution is 0.102. The molecule has 0 fully saturated rings. The number of aromatic nitrogens is 3. The number of rotatable bonds is 5. The smallest absolute Gasteiger partial charge is 0.276 e. The molecule has 4 rings (SSSR count). The molecule has 0 saturated carbocycles. The van der Waals surface area contributed by atoms with Crippen LogP contribution in [0.4, 0.5) is 11.5 Å². The molecule has 4 aromatic rings. The van der Waals surface area contributed by atoms with E-state index in [2.05, 4.69) is 26.6 Å². The van der Waals surface area contributed by atoms with Crippen LogP contribution < -0.4 is 10.2 Å². The van der Waals surface area contributed by atoms with Gasteiger partial charge >= 0.3 is 0 Å². The minimum absolute atomic E-state index is 0.274. The van der Waals surface area contributed by atoms with Gasteiger partial charge in [0.1, 0.15) is 5.01 Å². The first-order valence-electron chi connectivity index (χ1n) is 8.45. The van der Waals surface area contributed by atoms with Crippen LogP contribution in [-0.4, -0.2) is 28.1 Å². The van der Waals surface area contributed by atoms with Crippen molar-refractivity contribution in [3.8, 4) is 0 Å². The lowest BCUT2D eigenvalue weighted by Crippen LogP contribution is -2.20. The highest BCUT2D eigenvalue weighted by atomic mass is 32.1. The molecule has 0 saturated heterocycles. The fourth-order valence-electron chi connectivity index (χ4n) is 2.64. The summed E-state index contributed by atoms with van der Waals surface area (Å²) in [6.07, 6.45) is 0. The van der Waals surface area contributed by atoms with Crippen molar-refractivity contribution in [2.45, 2.75) is 6.54 Å². The molecular formula is C20H17N5OS. The van der Waals surface area contributed by atoms with Crippen molar-refractivity contribution in [3.05, 3.63) is 77.4 Å². The van der Waals surface area contributed by atoms with Gasteiger partial charge in [-0.05, 0) is 36.4 Å². The number of nitrogens with zero attached hydrogens (tertiary/aromatic N) is 4. The van der Waals surface area contributed by atoms with E-state index in [-0.39, 0.29) is 11.6 Å². The van der Waals surface area contributed by atoms with Crippen LogP contribution in [0.5, 0.6) is 0 Å². The number of benzene rings is 2. The van der Waals surface area contributed by atoms with E-state index in [4.69, 9.17) is 0 Å². The van der Waals surface area contributed by atoms with E-state index >= 15 is 0 Å². The first-order valence-corrected chi connectivity index (χ1v) is 9.26. The molecule has 0 aliphatic rings. The van der Waals surface area contributed by atoms with E-state index in [9.17, 15) is 4.79 Å². The van der Waals surface area contributed by atoms with Crippen molar-refractivity contribution in [1.29, 1.82) is 0 Å². The average Bonchev–Trinajstić information content (AvgIpc) is 3.11. The quantitative estimate of drug-likeness (QED) is 0.571. The molecule has 0 atom stereocenters. The van der Waals surface area contributed by atoms with Crippen molar-refractivity contribution in [1.82, 2.24) is 15.2 Å². The van der Waals surface area contributed by atoms with E-state index in [1.165, 1.54) is 4.70 Å². The molecule has 0 unspecified atom stereocenters. The third-order valence-electron chi connectivity index (χ3n) is 4.02. The number of anilines is 2. The number of para-hydroxylation sites is 2. The van der Waals surface area contributed by atoms with Crippen molar-refractivity contribution >= 4 is 39.0 Å². The summed E-state index contributed by atoms with van der Waals surface area (Å²) in [6, 6.07) is 20.8. The van der Waals surface area contributed by atoms with E-state index < -0.39 is 0 Å². The minimum Gasteiger partial charge on any atom is -0.351 e. The highest BCUT2D eigenvalue weighted by Crippen LogP contribution is 2.23. The molecule has 134 valence electrons. The first kappa shape index (κ1) is 17.1. The van der Waals surface area contributed by atoms with Crippen LogP contribution in [0.2, 0.25) is 0 Å². The summed E-state index contributed by atoms with van der Waals surface area (Å²) < 4.78 is 1.17. The Labute approximate surface area is 160 Å². The second kappa shape index (κ2) is 7.51. The molecule has 6 nitrogen and oxygen atoms in total. The Morgan fingerprint density at radius 1 is 1.00 bits per heavy atom. The van der Waals surface area contributed by atoms with Gasteiger partial charge in [-0.2, -0.15) is 0 Å². The fraction of sp³-hybridized carbons (Fsp3) is 0.100. The van der Waals surface area contributed by atoms with Crippen LogP contribution in [0.1, 0.15) is 15.5 Å². The van der Waals surface area contributed by atoms with Crippen molar-refractivity contribution < 1.29 is 4.79 Å². The van der Waals surface area contributed by atoms with Gasteiger partial charge in [0.15, 0.2) is 11.5 Å². The van der Waals surface area contributed by atoms with Crippen LogP contribution in [0.25, 0.3) is 10.2 Å². The summed E-state index contributed by atoms with van der Waals surface area (Å²) in [5.41, 5.74) is 2.00. The molecule has 0 radical (unpaired) electrons. The summed E-state index contributed by atoms with van der Waals surface area (Å²) in [5, 5.41) is 12.0. The Hall–Kier alpha value is -3.32. The molecule has 2 aromatic carbocycles. The summed E-state index contributed by atoms with van der Waals surface area (Å²) >= 11 is 1.66. The van der Waals surface area contributed by atoms with Crippen molar-refractivity contribution in [2.75, 3.05) is 17.3 Å². The molecule has 7 heteroatoms. The number of amides is 1. The Morgan fingerprint density at radius 3 is 2.52 bits per heavy atom. The maximum absolute atomic E-state index is 12.3. The highest BCUT2D eigenvalue weighted by Gasteiger charge is 2.12. The standard InChI is InChI=1S/C20H17N5OS/c1-25(13-19-22-15-9-5-6-10-17(15)27-19)18-12-11-16(23-24-18)20(26)21-14-7-3-2-4-8-14/h2-12H,13H2,1H3,(H,21,26).